The highest BCUT2D eigenvalue weighted by Crippen LogP contribution is 2.23. The molecule has 10 heteroatoms. The van der Waals surface area contributed by atoms with Crippen molar-refractivity contribution in [3.63, 3.8) is 0 Å². The summed E-state index contributed by atoms with van der Waals surface area (Å²) in [6.45, 7) is 1.56. The minimum absolute atomic E-state index is 0.0116. The van der Waals surface area contributed by atoms with Crippen LogP contribution in [0.4, 0.5) is 20.2 Å². The van der Waals surface area contributed by atoms with Crippen LogP contribution >= 0.6 is 0 Å². The third-order valence-electron chi connectivity index (χ3n) is 3.56. The lowest BCUT2D eigenvalue weighted by Gasteiger charge is -2.11. The maximum atomic E-state index is 13.8. The molecule has 2 N–H and O–H groups in total. The number of hydrogen-bond donors (Lipinski definition) is 2. The average Bonchev–Trinajstić information content (AvgIpc) is 3.00. The van der Waals surface area contributed by atoms with E-state index in [1.54, 1.807) is 6.92 Å². The molecule has 1 amide bonds. The molecule has 2 aromatic carbocycles. The zero-order valence-corrected chi connectivity index (χ0v) is 14.7. The number of amides is 1. The predicted molar refractivity (Wildman–Crippen MR) is 92.8 cm³/mol. The Morgan fingerprint density at radius 2 is 1.70 bits per heavy atom. The molecule has 1 aromatic heterocycles. The molecule has 140 valence electrons. The van der Waals surface area contributed by atoms with Crippen LogP contribution in [0.5, 0.6) is 0 Å². The third-order valence-corrected chi connectivity index (χ3v) is 4.99. The second kappa shape index (κ2) is 7.16. The van der Waals surface area contributed by atoms with Gasteiger partial charge in [-0.3, -0.25) is 9.52 Å². The van der Waals surface area contributed by atoms with Crippen molar-refractivity contribution in [2.45, 2.75) is 11.8 Å². The number of sulfonamides is 1. The fourth-order valence-electron chi connectivity index (χ4n) is 2.32. The van der Waals surface area contributed by atoms with Crippen LogP contribution in [0.3, 0.4) is 0 Å². The van der Waals surface area contributed by atoms with Gasteiger partial charge in [0.1, 0.15) is 23.0 Å². The summed E-state index contributed by atoms with van der Waals surface area (Å²) in [4.78, 5) is 11.1. The molecule has 27 heavy (non-hydrogen) atoms. The van der Waals surface area contributed by atoms with E-state index in [0.717, 1.165) is 18.2 Å². The molecule has 0 fully saturated rings. The quantitative estimate of drug-likeness (QED) is 0.693. The van der Waals surface area contributed by atoms with Crippen molar-refractivity contribution < 1.29 is 26.5 Å². The maximum Gasteiger partial charge on any atom is 0.267 e. The summed E-state index contributed by atoms with van der Waals surface area (Å²) in [5.41, 5.74) is 0.488. The standard InChI is InChI=1S/C17H13F2N3O4S/c1-10-13(9-20-26-10)17(23)21-11-4-2-5-12(8-11)22-27(24,25)16-14(18)6-3-7-15(16)19/h2-9,22H,1H3,(H,21,23). The number of aryl methyl sites for hydroxylation is 1. The van der Waals surface area contributed by atoms with E-state index < -0.39 is 32.5 Å². The summed E-state index contributed by atoms with van der Waals surface area (Å²) in [6.07, 6.45) is 1.25. The van der Waals surface area contributed by atoms with Gasteiger partial charge < -0.3 is 9.84 Å². The lowest BCUT2D eigenvalue weighted by Crippen LogP contribution is -2.17. The van der Waals surface area contributed by atoms with Crippen LogP contribution in [0.2, 0.25) is 0 Å². The van der Waals surface area contributed by atoms with Gasteiger partial charge in [0.05, 0.1) is 11.9 Å². The predicted octanol–water partition coefficient (Wildman–Crippen LogP) is 3.31. The molecule has 0 saturated heterocycles. The van der Waals surface area contributed by atoms with Gasteiger partial charge in [-0.05, 0) is 37.3 Å². The Bertz CT molecular complexity index is 1090. The van der Waals surface area contributed by atoms with Crippen LogP contribution in [0.1, 0.15) is 16.1 Å². The van der Waals surface area contributed by atoms with Crippen LogP contribution in [0.15, 0.2) is 58.1 Å². The second-order valence-corrected chi connectivity index (χ2v) is 7.11. The van der Waals surface area contributed by atoms with E-state index in [0.29, 0.717) is 5.76 Å². The maximum absolute atomic E-state index is 13.8. The smallest absolute Gasteiger partial charge is 0.267 e. The van der Waals surface area contributed by atoms with E-state index in [2.05, 4.69) is 15.2 Å². The first kappa shape index (κ1) is 18.5. The highest BCUT2D eigenvalue weighted by atomic mass is 32.2. The van der Waals surface area contributed by atoms with Gasteiger partial charge in [-0.25, -0.2) is 17.2 Å². The Kier molecular flexibility index (Phi) is 4.91. The molecule has 0 saturated carbocycles. The minimum atomic E-state index is -4.51. The molecule has 3 rings (SSSR count). The largest absolute Gasteiger partial charge is 0.361 e. The average molecular weight is 393 g/mol. The second-order valence-electron chi connectivity index (χ2n) is 5.49. The van der Waals surface area contributed by atoms with E-state index in [9.17, 15) is 22.0 Å². The summed E-state index contributed by atoms with van der Waals surface area (Å²) in [6, 6.07) is 8.40. The van der Waals surface area contributed by atoms with Gasteiger partial charge >= 0.3 is 0 Å². The van der Waals surface area contributed by atoms with Gasteiger partial charge in [0.2, 0.25) is 0 Å². The first-order chi connectivity index (χ1) is 12.8. The summed E-state index contributed by atoms with van der Waals surface area (Å²) >= 11 is 0. The lowest BCUT2D eigenvalue weighted by molar-refractivity contribution is 0.102. The van der Waals surface area contributed by atoms with Gasteiger partial charge in [0, 0.05) is 5.69 Å². The normalized spacial score (nSPS) is 11.2. The highest BCUT2D eigenvalue weighted by Gasteiger charge is 2.24. The van der Waals surface area contributed by atoms with E-state index in [1.807, 2.05) is 0 Å². The minimum Gasteiger partial charge on any atom is -0.361 e. The molecule has 0 atom stereocenters. The van der Waals surface area contributed by atoms with Crippen molar-refractivity contribution >= 4 is 27.3 Å². The molecule has 0 aliphatic heterocycles. The molecule has 0 aliphatic carbocycles. The van der Waals surface area contributed by atoms with E-state index in [-0.39, 0.29) is 16.9 Å². The van der Waals surface area contributed by atoms with Crippen LogP contribution in [-0.2, 0) is 10.0 Å². The fraction of sp³-hybridized carbons (Fsp3) is 0.0588. The Morgan fingerprint density at radius 3 is 2.33 bits per heavy atom. The van der Waals surface area contributed by atoms with Crippen LogP contribution < -0.4 is 10.0 Å². The van der Waals surface area contributed by atoms with Gasteiger partial charge in [-0.1, -0.05) is 17.3 Å². The number of carbonyl (C=O) groups excluding carboxylic acids is 1. The van der Waals surface area contributed by atoms with E-state index in [1.165, 1.54) is 30.5 Å². The van der Waals surface area contributed by atoms with E-state index in [4.69, 9.17) is 4.52 Å². The Hall–Kier alpha value is -3.27. The number of rotatable bonds is 5. The zero-order chi connectivity index (χ0) is 19.6. The van der Waals surface area contributed by atoms with E-state index >= 15 is 0 Å². The number of aromatic nitrogens is 1. The molecule has 7 nitrogen and oxygen atoms in total. The summed E-state index contributed by atoms with van der Waals surface area (Å²) in [5.74, 6) is -2.61. The summed E-state index contributed by atoms with van der Waals surface area (Å²) < 4.78 is 59.0. The number of nitrogens with zero attached hydrogens (tertiary/aromatic N) is 1. The van der Waals surface area contributed by atoms with Crippen molar-refractivity contribution in [1.29, 1.82) is 0 Å². The molecule has 1 heterocycles. The Morgan fingerprint density at radius 1 is 1.07 bits per heavy atom. The number of nitrogens with one attached hydrogen (secondary N) is 2. The molecule has 0 bridgehead atoms. The Labute approximate surface area is 153 Å². The summed E-state index contributed by atoms with van der Waals surface area (Å²) in [7, 11) is -4.51. The first-order valence-corrected chi connectivity index (χ1v) is 9.06. The number of carbonyl (C=O) groups is 1. The van der Waals surface area contributed by atoms with Gasteiger partial charge in [-0.2, -0.15) is 0 Å². The molecular weight excluding hydrogens is 380 g/mol. The van der Waals surface area contributed by atoms with Gasteiger partial charge in [0.25, 0.3) is 15.9 Å². The van der Waals surface area contributed by atoms with Crippen LogP contribution in [0, 0.1) is 18.6 Å². The lowest BCUT2D eigenvalue weighted by atomic mass is 10.2. The van der Waals surface area contributed by atoms with Crippen molar-refractivity contribution in [2.24, 2.45) is 0 Å². The topological polar surface area (TPSA) is 101 Å². The van der Waals surface area contributed by atoms with Crippen LogP contribution in [-0.4, -0.2) is 19.5 Å². The SMILES string of the molecule is Cc1oncc1C(=O)Nc1cccc(NS(=O)(=O)c2c(F)cccc2F)c1. The Balaban J connectivity index is 1.84. The van der Waals surface area contributed by atoms with Crippen molar-refractivity contribution in [3.05, 3.63) is 71.6 Å². The first-order valence-electron chi connectivity index (χ1n) is 7.57. The zero-order valence-electron chi connectivity index (χ0n) is 13.9. The molecule has 0 radical (unpaired) electrons. The summed E-state index contributed by atoms with van der Waals surface area (Å²) in [5, 5.41) is 6.05. The third kappa shape index (κ3) is 3.95. The molecule has 0 unspecified atom stereocenters. The number of benzene rings is 2. The molecular formula is C17H13F2N3O4S. The molecule has 3 aromatic rings. The van der Waals surface area contributed by atoms with Crippen molar-refractivity contribution in [3.8, 4) is 0 Å². The molecule has 0 aliphatic rings. The van der Waals surface area contributed by atoms with Gasteiger partial charge in [-0.15, -0.1) is 0 Å². The highest BCUT2D eigenvalue weighted by molar-refractivity contribution is 7.92. The molecule has 0 spiro atoms. The van der Waals surface area contributed by atoms with Crippen molar-refractivity contribution in [2.75, 3.05) is 10.0 Å². The van der Waals surface area contributed by atoms with Gasteiger partial charge in [0.15, 0.2) is 4.90 Å². The van der Waals surface area contributed by atoms with Crippen LogP contribution in [0.25, 0.3) is 0 Å². The fourth-order valence-corrected chi connectivity index (χ4v) is 3.51. The number of anilines is 2. The number of hydrogen-bond acceptors (Lipinski definition) is 5. The number of halogens is 2. The monoisotopic (exact) mass is 393 g/mol. The van der Waals surface area contributed by atoms with Crippen molar-refractivity contribution in [1.82, 2.24) is 5.16 Å².